The quantitative estimate of drug-likeness (QED) is 0.576. The molecular formula is C25H31N5O3. The van der Waals surface area contributed by atoms with Gasteiger partial charge in [0, 0.05) is 44.4 Å². The molecule has 5 rings (SSSR count). The molecule has 0 radical (unpaired) electrons. The highest BCUT2D eigenvalue weighted by atomic mass is 16.5. The van der Waals surface area contributed by atoms with Gasteiger partial charge in [0.15, 0.2) is 5.65 Å². The largest absolute Gasteiger partial charge is 0.379 e. The van der Waals surface area contributed by atoms with E-state index in [0.29, 0.717) is 26.1 Å². The van der Waals surface area contributed by atoms with Crippen molar-refractivity contribution >= 4 is 11.6 Å². The van der Waals surface area contributed by atoms with Crippen LogP contribution in [0.25, 0.3) is 5.65 Å². The van der Waals surface area contributed by atoms with Crippen molar-refractivity contribution in [1.29, 1.82) is 0 Å². The number of carbonyl (C=O) groups is 1. The molecule has 2 aliphatic rings. The lowest BCUT2D eigenvalue weighted by Gasteiger charge is -2.33. The van der Waals surface area contributed by atoms with E-state index in [0.717, 1.165) is 61.9 Å². The van der Waals surface area contributed by atoms with Crippen molar-refractivity contribution in [1.82, 2.24) is 24.4 Å². The van der Waals surface area contributed by atoms with E-state index >= 15 is 0 Å². The van der Waals surface area contributed by atoms with Crippen molar-refractivity contribution in [3.8, 4) is 0 Å². The van der Waals surface area contributed by atoms with Gasteiger partial charge in [-0.15, -0.1) is 0 Å². The second-order valence-electron chi connectivity index (χ2n) is 8.74. The smallest absolute Gasteiger partial charge is 0.223 e. The van der Waals surface area contributed by atoms with Crippen molar-refractivity contribution in [3.63, 3.8) is 0 Å². The monoisotopic (exact) mass is 449 g/mol. The molecule has 1 atom stereocenters. The first-order valence-corrected chi connectivity index (χ1v) is 11.8. The van der Waals surface area contributed by atoms with Crippen LogP contribution in [0.5, 0.6) is 0 Å². The molecule has 33 heavy (non-hydrogen) atoms. The zero-order valence-corrected chi connectivity index (χ0v) is 19.2. The maximum absolute atomic E-state index is 12.9. The summed E-state index contributed by atoms with van der Waals surface area (Å²) < 4.78 is 13.5. The normalized spacial score (nSPS) is 19.8. The van der Waals surface area contributed by atoms with Gasteiger partial charge in [-0.2, -0.15) is 5.10 Å². The third kappa shape index (κ3) is 4.93. The van der Waals surface area contributed by atoms with Gasteiger partial charge in [0.2, 0.25) is 5.91 Å². The Morgan fingerprint density at radius 2 is 1.91 bits per heavy atom. The Hall–Kier alpha value is -2.81. The number of ether oxygens (including phenoxy) is 2. The molecule has 4 heterocycles. The van der Waals surface area contributed by atoms with Crippen molar-refractivity contribution < 1.29 is 14.3 Å². The molecule has 2 fully saturated rings. The number of aryl methyl sites for hydroxylation is 2. The summed E-state index contributed by atoms with van der Waals surface area (Å²) in [6, 6.07) is 12.1. The highest BCUT2D eigenvalue weighted by molar-refractivity contribution is 5.76. The lowest BCUT2D eigenvalue weighted by molar-refractivity contribution is -0.139. The Morgan fingerprint density at radius 1 is 1.09 bits per heavy atom. The van der Waals surface area contributed by atoms with Crippen LogP contribution in [-0.2, 0) is 27.2 Å². The Balaban J connectivity index is 1.31. The number of hydrogen-bond donors (Lipinski definition) is 0. The lowest BCUT2D eigenvalue weighted by atomic mass is 10.1. The molecule has 0 unspecified atom stereocenters. The summed E-state index contributed by atoms with van der Waals surface area (Å²) in [7, 11) is 0. The van der Waals surface area contributed by atoms with Gasteiger partial charge in [-0.25, -0.2) is 9.50 Å². The van der Waals surface area contributed by atoms with Gasteiger partial charge in [0.05, 0.1) is 37.8 Å². The predicted molar refractivity (Wildman–Crippen MR) is 124 cm³/mol. The van der Waals surface area contributed by atoms with Gasteiger partial charge >= 0.3 is 0 Å². The summed E-state index contributed by atoms with van der Waals surface area (Å²) >= 11 is 0. The number of fused-ring (bicyclic) bond motifs is 1. The van der Waals surface area contributed by atoms with E-state index in [2.05, 4.69) is 22.0 Å². The third-order valence-electron chi connectivity index (χ3n) is 6.55. The Labute approximate surface area is 194 Å². The van der Waals surface area contributed by atoms with E-state index < -0.39 is 0 Å². The fourth-order valence-corrected chi connectivity index (χ4v) is 4.64. The standard InChI is InChI=1S/C25H31N5O3/c1-19-21(17-28-11-14-32-15-12-28)25-26-10-9-22(30(25)27-19)23-18-29(13-16-33-23)24(31)8-7-20-5-3-2-4-6-20/h2-6,9-10,23H,7-8,11-18H2,1H3/t23-/m1/s1. The zero-order valence-electron chi connectivity index (χ0n) is 19.2. The molecule has 0 N–H and O–H groups in total. The second-order valence-corrected chi connectivity index (χ2v) is 8.74. The van der Waals surface area contributed by atoms with E-state index in [1.165, 1.54) is 5.56 Å². The van der Waals surface area contributed by atoms with Crippen LogP contribution in [0.1, 0.15) is 35.0 Å². The topological polar surface area (TPSA) is 72.2 Å². The highest BCUT2D eigenvalue weighted by Gasteiger charge is 2.28. The van der Waals surface area contributed by atoms with Crippen LogP contribution >= 0.6 is 0 Å². The SMILES string of the molecule is Cc1nn2c([C@H]3CN(C(=O)CCc4ccccc4)CCO3)ccnc2c1CN1CCOCC1. The fraction of sp³-hybridized carbons (Fsp3) is 0.480. The van der Waals surface area contributed by atoms with E-state index in [1.807, 2.05) is 46.8 Å². The number of carbonyl (C=O) groups excluding carboxylic acids is 1. The van der Waals surface area contributed by atoms with Gasteiger partial charge in [0.1, 0.15) is 6.10 Å². The van der Waals surface area contributed by atoms with E-state index in [9.17, 15) is 4.79 Å². The minimum atomic E-state index is -0.222. The first-order chi connectivity index (χ1) is 16.2. The summed E-state index contributed by atoms with van der Waals surface area (Å²) in [6.45, 7) is 7.89. The number of hydrogen-bond acceptors (Lipinski definition) is 6. The number of morpholine rings is 2. The Morgan fingerprint density at radius 3 is 2.73 bits per heavy atom. The molecule has 3 aromatic rings. The minimum Gasteiger partial charge on any atom is -0.379 e. The van der Waals surface area contributed by atoms with Crippen LogP contribution in [0.4, 0.5) is 0 Å². The van der Waals surface area contributed by atoms with Gasteiger partial charge < -0.3 is 14.4 Å². The molecule has 1 amide bonds. The number of amides is 1. The van der Waals surface area contributed by atoms with Crippen molar-refractivity contribution in [2.75, 3.05) is 46.0 Å². The molecule has 0 saturated carbocycles. The van der Waals surface area contributed by atoms with Crippen LogP contribution in [-0.4, -0.2) is 76.3 Å². The highest BCUT2D eigenvalue weighted by Crippen LogP contribution is 2.26. The van der Waals surface area contributed by atoms with E-state index in [4.69, 9.17) is 14.6 Å². The van der Waals surface area contributed by atoms with Crippen molar-refractivity contribution in [2.24, 2.45) is 0 Å². The van der Waals surface area contributed by atoms with Crippen molar-refractivity contribution in [3.05, 3.63) is 65.1 Å². The summed E-state index contributed by atoms with van der Waals surface area (Å²) in [5.74, 6) is 0.169. The van der Waals surface area contributed by atoms with Crippen LogP contribution in [0.2, 0.25) is 0 Å². The summed E-state index contributed by atoms with van der Waals surface area (Å²) in [6.07, 6.45) is 2.87. The Bertz CT molecular complexity index is 1090. The Kier molecular flexibility index (Phi) is 6.66. The molecule has 0 bridgehead atoms. The molecule has 8 nitrogen and oxygen atoms in total. The maximum Gasteiger partial charge on any atom is 0.223 e. The third-order valence-corrected chi connectivity index (χ3v) is 6.55. The van der Waals surface area contributed by atoms with Gasteiger partial charge in [0.25, 0.3) is 0 Å². The first-order valence-electron chi connectivity index (χ1n) is 11.8. The number of benzene rings is 1. The number of aromatic nitrogens is 3. The molecule has 0 spiro atoms. The second kappa shape index (κ2) is 9.99. The number of rotatable bonds is 6. The summed E-state index contributed by atoms with van der Waals surface area (Å²) in [5, 5.41) is 4.81. The average molecular weight is 450 g/mol. The molecular weight excluding hydrogens is 418 g/mol. The average Bonchev–Trinajstić information content (AvgIpc) is 3.19. The zero-order chi connectivity index (χ0) is 22.6. The van der Waals surface area contributed by atoms with Gasteiger partial charge in [-0.3, -0.25) is 9.69 Å². The van der Waals surface area contributed by atoms with Gasteiger partial charge in [-0.05, 0) is 25.0 Å². The molecule has 0 aliphatic carbocycles. The van der Waals surface area contributed by atoms with Gasteiger partial charge in [-0.1, -0.05) is 30.3 Å². The van der Waals surface area contributed by atoms with Crippen LogP contribution in [0.3, 0.4) is 0 Å². The van der Waals surface area contributed by atoms with E-state index in [-0.39, 0.29) is 12.0 Å². The van der Waals surface area contributed by atoms with Crippen LogP contribution in [0.15, 0.2) is 42.6 Å². The van der Waals surface area contributed by atoms with Crippen molar-refractivity contribution in [2.45, 2.75) is 32.4 Å². The summed E-state index contributed by atoms with van der Waals surface area (Å²) in [5.41, 5.74) is 5.12. The molecule has 2 aliphatic heterocycles. The van der Waals surface area contributed by atoms with E-state index in [1.54, 1.807) is 0 Å². The molecule has 174 valence electrons. The molecule has 2 saturated heterocycles. The van der Waals surface area contributed by atoms with Crippen LogP contribution < -0.4 is 0 Å². The lowest BCUT2D eigenvalue weighted by Crippen LogP contribution is -2.42. The minimum absolute atomic E-state index is 0.169. The number of nitrogens with zero attached hydrogens (tertiary/aromatic N) is 5. The fourth-order valence-electron chi connectivity index (χ4n) is 4.64. The molecule has 2 aromatic heterocycles. The molecule has 8 heteroatoms. The maximum atomic E-state index is 12.9. The first kappa shape index (κ1) is 22.0. The molecule has 1 aromatic carbocycles. The van der Waals surface area contributed by atoms with Crippen LogP contribution in [0, 0.1) is 6.92 Å². The predicted octanol–water partition coefficient (Wildman–Crippen LogP) is 2.40. The summed E-state index contributed by atoms with van der Waals surface area (Å²) in [4.78, 5) is 21.9.